The molecule has 0 bridgehead atoms. The van der Waals surface area contributed by atoms with Crippen LogP contribution in [0.2, 0.25) is 0 Å². The topological polar surface area (TPSA) is 69.0 Å². The fourth-order valence-electron chi connectivity index (χ4n) is 5.05. The van der Waals surface area contributed by atoms with Gasteiger partial charge in [0.2, 0.25) is 0 Å². The van der Waals surface area contributed by atoms with Crippen LogP contribution in [0.4, 0.5) is 10.1 Å². The van der Waals surface area contributed by atoms with E-state index < -0.39 is 5.83 Å². The number of piperazine rings is 1. The van der Waals surface area contributed by atoms with Gasteiger partial charge in [-0.05, 0) is 75.3 Å². The summed E-state index contributed by atoms with van der Waals surface area (Å²) in [6.07, 6.45) is 5.04. The molecule has 230 valence electrons. The van der Waals surface area contributed by atoms with E-state index in [9.17, 15) is 4.79 Å². The van der Waals surface area contributed by atoms with Crippen molar-refractivity contribution in [2.45, 2.75) is 26.7 Å². The van der Waals surface area contributed by atoms with Gasteiger partial charge in [-0.1, -0.05) is 37.8 Å². The number of rotatable bonds is 9. The Hall–Kier alpha value is -3.88. The van der Waals surface area contributed by atoms with Crippen molar-refractivity contribution in [3.05, 3.63) is 104 Å². The van der Waals surface area contributed by atoms with Gasteiger partial charge in [0.15, 0.2) is 5.43 Å². The standard InChI is InChI=1S/C33H40ClFN4O.CH2O2/c1-6-26-7-11-28(12-8-26)37-17-19-38(20-18-37)32(22-34)31(35)21-30-25(3)39(23-24(2)33(30)40)29-13-9-27(10-14-29)15-16-36(4)5;2-1-3/h7-14,21,23H,3,6,15-20,22H2,1-2,4-5H3;1H,(H,2,3)/b30-21+,32-31-;. The zero-order valence-electron chi connectivity index (χ0n) is 25.5. The van der Waals surface area contributed by atoms with Gasteiger partial charge in [0.1, 0.15) is 5.83 Å². The highest BCUT2D eigenvalue weighted by Crippen LogP contribution is 2.22. The Morgan fingerprint density at radius 3 is 2.12 bits per heavy atom. The Labute approximate surface area is 258 Å². The second kappa shape index (κ2) is 16.1. The predicted octanol–water partition coefficient (Wildman–Crippen LogP) is 3.95. The fraction of sp³-hybridized carbons (Fsp3) is 0.353. The SMILES string of the molecule is C=c1/c(=C\C(F)=C(/CCl)N2CCN(c3ccc(CC)cc3)CC2)c(=O)c(C)cn1-c1ccc(CCN(C)C)cc1.O=CO. The van der Waals surface area contributed by atoms with Crippen molar-refractivity contribution in [2.24, 2.45) is 0 Å². The van der Waals surface area contributed by atoms with Crippen LogP contribution in [-0.4, -0.2) is 78.6 Å². The molecule has 9 heteroatoms. The van der Waals surface area contributed by atoms with Gasteiger partial charge in [-0.2, -0.15) is 0 Å². The van der Waals surface area contributed by atoms with Crippen LogP contribution in [0.15, 0.2) is 71.0 Å². The van der Waals surface area contributed by atoms with E-state index in [1.807, 2.05) is 21.6 Å². The molecule has 2 heterocycles. The predicted molar refractivity (Wildman–Crippen MR) is 175 cm³/mol. The molecule has 0 atom stereocenters. The minimum atomic E-state index is -0.492. The number of hydrogen-bond acceptors (Lipinski definition) is 5. The number of nitrogens with zero attached hydrogens (tertiary/aromatic N) is 4. The van der Waals surface area contributed by atoms with Gasteiger partial charge < -0.3 is 24.4 Å². The van der Waals surface area contributed by atoms with Crippen LogP contribution in [0.25, 0.3) is 18.3 Å². The highest BCUT2D eigenvalue weighted by molar-refractivity contribution is 6.19. The number of benzene rings is 2. The second-order valence-electron chi connectivity index (χ2n) is 10.8. The van der Waals surface area contributed by atoms with Gasteiger partial charge in [0.25, 0.3) is 6.47 Å². The summed E-state index contributed by atoms with van der Waals surface area (Å²) in [6.45, 7) is 11.6. The van der Waals surface area contributed by atoms with E-state index >= 15 is 4.39 Å². The molecule has 1 fully saturated rings. The molecule has 1 aliphatic rings. The molecule has 0 amide bonds. The third-order valence-corrected chi connectivity index (χ3v) is 7.89. The van der Waals surface area contributed by atoms with Gasteiger partial charge in [0.05, 0.1) is 11.6 Å². The molecule has 1 aliphatic heterocycles. The Balaban J connectivity index is 0.00000162. The van der Waals surface area contributed by atoms with Crippen LogP contribution in [0.1, 0.15) is 23.6 Å². The molecule has 7 nitrogen and oxygen atoms in total. The van der Waals surface area contributed by atoms with Gasteiger partial charge in [-0.15, -0.1) is 11.6 Å². The summed E-state index contributed by atoms with van der Waals surface area (Å²) in [5.74, 6) is -0.469. The molecule has 1 saturated heterocycles. The summed E-state index contributed by atoms with van der Waals surface area (Å²) in [6, 6.07) is 16.8. The van der Waals surface area contributed by atoms with Gasteiger partial charge in [0, 0.05) is 66.4 Å². The molecule has 43 heavy (non-hydrogen) atoms. The number of hydrogen-bond donors (Lipinski definition) is 1. The summed E-state index contributed by atoms with van der Waals surface area (Å²) in [4.78, 5) is 27.9. The summed E-state index contributed by atoms with van der Waals surface area (Å²) >= 11 is 6.27. The van der Waals surface area contributed by atoms with Crippen LogP contribution in [0, 0.1) is 6.92 Å². The van der Waals surface area contributed by atoms with E-state index in [1.165, 1.54) is 22.9 Å². The molecule has 0 saturated carbocycles. The first kappa shape index (κ1) is 33.6. The van der Waals surface area contributed by atoms with Crippen LogP contribution < -0.4 is 20.9 Å². The number of halogens is 2. The second-order valence-corrected chi connectivity index (χ2v) is 11.0. The van der Waals surface area contributed by atoms with Crippen molar-refractivity contribution in [1.82, 2.24) is 14.4 Å². The van der Waals surface area contributed by atoms with Gasteiger partial charge >= 0.3 is 0 Å². The van der Waals surface area contributed by atoms with Crippen molar-refractivity contribution in [1.29, 1.82) is 0 Å². The smallest absolute Gasteiger partial charge is 0.290 e. The molecule has 0 spiro atoms. The highest BCUT2D eigenvalue weighted by Gasteiger charge is 2.21. The zero-order chi connectivity index (χ0) is 31.5. The van der Waals surface area contributed by atoms with Crippen molar-refractivity contribution in [3.63, 3.8) is 0 Å². The average Bonchev–Trinajstić information content (AvgIpc) is 3.01. The zero-order valence-corrected chi connectivity index (χ0v) is 26.3. The molecule has 4 rings (SSSR count). The third-order valence-electron chi connectivity index (χ3n) is 7.63. The van der Waals surface area contributed by atoms with Crippen molar-refractivity contribution >= 4 is 36.4 Å². The molecule has 3 aromatic rings. The van der Waals surface area contributed by atoms with E-state index in [-0.39, 0.29) is 23.0 Å². The molecule has 0 radical (unpaired) electrons. The van der Waals surface area contributed by atoms with E-state index in [1.54, 1.807) is 13.1 Å². The number of alkyl halides is 1. The molecule has 0 unspecified atom stereocenters. The lowest BCUT2D eigenvalue weighted by Gasteiger charge is -2.38. The number of carboxylic acid groups (broad SMARTS) is 1. The maximum absolute atomic E-state index is 15.8. The first-order valence-electron chi connectivity index (χ1n) is 14.4. The lowest BCUT2D eigenvalue weighted by atomic mass is 10.1. The summed E-state index contributed by atoms with van der Waals surface area (Å²) in [5.41, 5.74) is 5.29. The van der Waals surface area contributed by atoms with E-state index in [0.29, 0.717) is 29.7 Å². The minimum Gasteiger partial charge on any atom is -0.483 e. The molecule has 1 aromatic heterocycles. The summed E-state index contributed by atoms with van der Waals surface area (Å²) < 4.78 is 17.6. The maximum atomic E-state index is 15.8. The Morgan fingerprint density at radius 1 is 1.02 bits per heavy atom. The van der Waals surface area contributed by atoms with Crippen molar-refractivity contribution in [3.8, 4) is 5.69 Å². The largest absolute Gasteiger partial charge is 0.483 e. The maximum Gasteiger partial charge on any atom is 0.290 e. The quantitative estimate of drug-likeness (QED) is 0.293. The lowest BCUT2D eigenvalue weighted by Crippen LogP contribution is -2.47. The van der Waals surface area contributed by atoms with E-state index in [2.05, 4.69) is 73.8 Å². The number of aromatic nitrogens is 1. The first-order chi connectivity index (χ1) is 20.6. The molecule has 0 aliphatic carbocycles. The highest BCUT2D eigenvalue weighted by atomic mass is 35.5. The summed E-state index contributed by atoms with van der Waals surface area (Å²) in [7, 11) is 4.11. The minimum absolute atomic E-state index is 0.0222. The van der Waals surface area contributed by atoms with E-state index in [4.69, 9.17) is 21.5 Å². The number of pyridine rings is 1. The van der Waals surface area contributed by atoms with Crippen LogP contribution in [0.5, 0.6) is 0 Å². The number of anilines is 1. The molecule has 1 N–H and O–H groups in total. The summed E-state index contributed by atoms with van der Waals surface area (Å²) in [5, 5.41) is 7.58. The van der Waals surface area contributed by atoms with Crippen LogP contribution >= 0.6 is 11.6 Å². The lowest BCUT2D eigenvalue weighted by molar-refractivity contribution is -0.122. The number of aryl methyl sites for hydroxylation is 2. The van der Waals surface area contributed by atoms with E-state index in [0.717, 1.165) is 38.2 Å². The average molecular weight is 609 g/mol. The fourth-order valence-corrected chi connectivity index (χ4v) is 5.34. The normalized spacial score (nSPS) is 14.3. The number of allylic oxidation sites excluding steroid dienone is 2. The Bertz CT molecular complexity index is 1560. The molecular weight excluding hydrogens is 567 g/mol. The van der Waals surface area contributed by atoms with Crippen LogP contribution in [-0.2, 0) is 17.6 Å². The number of likely N-dealkylation sites (N-methyl/N-ethyl adjacent to an activating group) is 1. The molecular formula is C34H42ClFN4O3. The van der Waals surface area contributed by atoms with Crippen LogP contribution in [0.3, 0.4) is 0 Å². The Morgan fingerprint density at radius 2 is 1.58 bits per heavy atom. The van der Waals surface area contributed by atoms with Crippen molar-refractivity contribution in [2.75, 3.05) is 57.6 Å². The van der Waals surface area contributed by atoms with Crippen molar-refractivity contribution < 1.29 is 14.3 Å². The van der Waals surface area contributed by atoms with Gasteiger partial charge in [-0.25, -0.2) is 4.39 Å². The molecule has 2 aromatic carbocycles. The monoisotopic (exact) mass is 608 g/mol. The third kappa shape index (κ3) is 8.81. The Kier molecular flexibility index (Phi) is 12.6. The number of carbonyl (C=O) groups is 1. The first-order valence-corrected chi connectivity index (χ1v) is 14.9. The van der Waals surface area contributed by atoms with Gasteiger partial charge in [-0.3, -0.25) is 9.59 Å².